The number of hydrogen-bond donors (Lipinski definition) is 3. The third-order valence-corrected chi connectivity index (χ3v) is 4.77. The molecule has 0 aromatic heterocycles. The maximum Gasteiger partial charge on any atom is 0.141 e. The van der Waals surface area contributed by atoms with Crippen molar-refractivity contribution in [3.8, 4) is 0 Å². The minimum atomic E-state index is -1.10. The van der Waals surface area contributed by atoms with Gasteiger partial charge in [-0.1, -0.05) is 39.8 Å². The van der Waals surface area contributed by atoms with Gasteiger partial charge in [0.15, 0.2) is 0 Å². The molecule has 1 aliphatic heterocycles. The summed E-state index contributed by atoms with van der Waals surface area (Å²) in [5.74, 6) is 0.462. The van der Waals surface area contributed by atoms with Crippen molar-refractivity contribution in [2.45, 2.75) is 59.1 Å². The van der Waals surface area contributed by atoms with E-state index in [4.69, 9.17) is 0 Å². The Morgan fingerprint density at radius 3 is 2.68 bits per heavy atom. The Balaban J connectivity index is 2.19. The van der Waals surface area contributed by atoms with E-state index in [1.807, 2.05) is 18.4 Å². The monoisotopic (exact) mass is 306 g/mol. The molecule has 2 rings (SSSR count). The van der Waals surface area contributed by atoms with Gasteiger partial charge in [-0.3, -0.25) is 0 Å². The Bertz CT molecular complexity index is 491. The smallest absolute Gasteiger partial charge is 0.141 e. The zero-order valence-electron chi connectivity index (χ0n) is 14.3. The lowest BCUT2D eigenvalue weighted by atomic mass is 9.80. The molecular formula is C18H30N2O2. The zero-order valence-corrected chi connectivity index (χ0v) is 14.3. The Morgan fingerprint density at radius 1 is 1.27 bits per heavy atom. The van der Waals surface area contributed by atoms with Crippen LogP contribution in [0.3, 0.4) is 0 Å². The van der Waals surface area contributed by atoms with Crippen molar-refractivity contribution in [3.63, 3.8) is 0 Å². The van der Waals surface area contributed by atoms with E-state index in [1.54, 1.807) is 0 Å². The molecular weight excluding hydrogens is 276 g/mol. The number of aliphatic hydroxyl groups is 2. The van der Waals surface area contributed by atoms with Crippen LogP contribution in [0.25, 0.3) is 0 Å². The van der Waals surface area contributed by atoms with E-state index < -0.39 is 5.72 Å². The summed E-state index contributed by atoms with van der Waals surface area (Å²) in [6.07, 6.45) is 11.2. The summed E-state index contributed by atoms with van der Waals surface area (Å²) in [7, 11) is 0. The molecule has 2 aliphatic rings. The number of aliphatic hydroxyl groups excluding tert-OH is 1. The van der Waals surface area contributed by atoms with Crippen molar-refractivity contribution in [1.29, 1.82) is 0 Å². The molecule has 2 unspecified atom stereocenters. The van der Waals surface area contributed by atoms with Gasteiger partial charge < -0.3 is 15.5 Å². The van der Waals surface area contributed by atoms with Gasteiger partial charge in [0.2, 0.25) is 0 Å². The molecule has 0 saturated heterocycles. The summed E-state index contributed by atoms with van der Waals surface area (Å²) in [5, 5.41) is 24.1. The Hall–Kier alpha value is -1.13. The van der Waals surface area contributed by atoms with Crippen LogP contribution in [0.4, 0.5) is 0 Å². The first-order valence-electron chi connectivity index (χ1n) is 8.22. The number of allylic oxidation sites excluding steroid dienone is 3. The largest absolute Gasteiger partial charge is 0.396 e. The fourth-order valence-corrected chi connectivity index (χ4v) is 3.36. The highest BCUT2D eigenvalue weighted by molar-refractivity contribution is 5.69. The van der Waals surface area contributed by atoms with Crippen LogP contribution >= 0.6 is 0 Å². The number of aliphatic imine (C=N–C) groups is 1. The minimum absolute atomic E-state index is 0.0226. The van der Waals surface area contributed by atoms with Gasteiger partial charge in [-0.15, -0.1) is 0 Å². The third-order valence-electron chi connectivity index (χ3n) is 4.77. The lowest BCUT2D eigenvalue weighted by molar-refractivity contribution is -0.0702. The first kappa shape index (κ1) is 17.2. The summed E-state index contributed by atoms with van der Waals surface area (Å²) in [6.45, 7) is 8.56. The molecule has 0 amide bonds. The normalized spacial score (nSPS) is 33.7. The highest BCUT2D eigenvalue weighted by Gasteiger charge is 2.42. The second-order valence-electron chi connectivity index (χ2n) is 8.14. The molecule has 22 heavy (non-hydrogen) atoms. The molecule has 1 aliphatic carbocycles. The minimum Gasteiger partial charge on any atom is -0.396 e. The average Bonchev–Trinajstić information content (AvgIpc) is 2.63. The quantitative estimate of drug-likeness (QED) is 0.555. The second-order valence-corrected chi connectivity index (χ2v) is 8.14. The van der Waals surface area contributed by atoms with Gasteiger partial charge in [-0.2, -0.15) is 0 Å². The van der Waals surface area contributed by atoms with Gasteiger partial charge in [-0.25, -0.2) is 4.99 Å². The van der Waals surface area contributed by atoms with Crippen LogP contribution in [-0.2, 0) is 0 Å². The van der Waals surface area contributed by atoms with Crippen LogP contribution < -0.4 is 5.32 Å². The lowest BCUT2D eigenvalue weighted by Crippen LogP contribution is -2.52. The maximum atomic E-state index is 11.1. The Kier molecular flexibility index (Phi) is 4.83. The van der Waals surface area contributed by atoms with Gasteiger partial charge in [0.1, 0.15) is 11.5 Å². The summed E-state index contributed by atoms with van der Waals surface area (Å²) < 4.78 is 0. The van der Waals surface area contributed by atoms with E-state index in [1.165, 1.54) is 0 Å². The topological polar surface area (TPSA) is 64.8 Å². The van der Waals surface area contributed by atoms with E-state index in [0.717, 1.165) is 19.3 Å². The standard InChI is InChI=1S/C18H30N2O2/c1-16(2)9-6-10-18(22,14(11-16)12-21)20-15-7-5-8-17(3,4)13-19-15/h5,7-8,13-14,20-22H,6,9-12H2,1-4H3. The molecule has 1 fully saturated rings. The average molecular weight is 306 g/mol. The molecule has 0 aromatic rings. The molecule has 0 spiro atoms. The SMILES string of the molecule is CC1(C)C=CC=C(NC2(O)CCCC(C)(C)CC2CO)N=C1. The molecule has 0 aromatic carbocycles. The molecule has 3 N–H and O–H groups in total. The van der Waals surface area contributed by atoms with Crippen LogP contribution in [0.2, 0.25) is 0 Å². The summed E-state index contributed by atoms with van der Waals surface area (Å²) in [6, 6.07) is 0. The summed E-state index contributed by atoms with van der Waals surface area (Å²) in [4.78, 5) is 4.47. The van der Waals surface area contributed by atoms with Gasteiger partial charge in [0.25, 0.3) is 0 Å². The van der Waals surface area contributed by atoms with Gasteiger partial charge in [0.05, 0.1) is 6.61 Å². The van der Waals surface area contributed by atoms with E-state index in [-0.39, 0.29) is 23.4 Å². The predicted molar refractivity (Wildman–Crippen MR) is 90.4 cm³/mol. The fraction of sp³-hybridized carbons (Fsp3) is 0.722. The molecule has 0 radical (unpaired) electrons. The van der Waals surface area contributed by atoms with Crippen molar-refractivity contribution >= 4 is 6.21 Å². The lowest BCUT2D eigenvalue weighted by Gasteiger charge is -2.37. The first-order valence-corrected chi connectivity index (χ1v) is 8.22. The molecule has 1 saturated carbocycles. The van der Waals surface area contributed by atoms with Crippen LogP contribution in [0.5, 0.6) is 0 Å². The second kappa shape index (κ2) is 6.17. The van der Waals surface area contributed by atoms with E-state index in [0.29, 0.717) is 12.2 Å². The van der Waals surface area contributed by atoms with Crippen molar-refractivity contribution < 1.29 is 10.2 Å². The van der Waals surface area contributed by atoms with Crippen molar-refractivity contribution in [1.82, 2.24) is 5.32 Å². The third kappa shape index (κ3) is 4.20. The Labute approximate surface area is 134 Å². The summed E-state index contributed by atoms with van der Waals surface area (Å²) >= 11 is 0. The number of nitrogens with zero attached hydrogens (tertiary/aromatic N) is 1. The number of nitrogens with one attached hydrogen (secondary N) is 1. The van der Waals surface area contributed by atoms with Gasteiger partial charge >= 0.3 is 0 Å². The highest BCUT2D eigenvalue weighted by Crippen LogP contribution is 2.41. The Morgan fingerprint density at radius 2 is 2.00 bits per heavy atom. The van der Waals surface area contributed by atoms with Crippen LogP contribution in [0.1, 0.15) is 53.4 Å². The summed E-state index contributed by atoms with van der Waals surface area (Å²) in [5.41, 5.74) is -1.05. The highest BCUT2D eigenvalue weighted by atomic mass is 16.3. The van der Waals surface area contributed by atoms with E-state index in [2.05, 4.69) is 44.1 Å². The van der Waals surface area contributed by atoms with E-state index in [9.17, 15) is 10.2 Å². The maximum absolute atomic E-state index is 11.1. The predicted octanol–water partition coefficient (Wildman–Crippen LogP) is 2.98. The van der Waals surface area contributed by atoms with Crippen molar-refractivity contribution in [2.24, 2.45) is 21.7 Å². The van der Waals surface area contributed by atoms with Crippen LogP contribution in [-0.4, -0.2) is 28.8 Å². The molecule has 1 heterocycles. The molecule has 4 nitrogen and oxygen atoms in total. The van der Waals surface area contributed by atoms with Crippen LogP contribution in [0.15, 0.2) is 29.0 Å². The van der Waals surface area contributed by atoms with Gasteiger partial charge in [-0.05, 0) is 37.2 Å². The zero-order chi connectivity index (χ0) is 16.4. The molecule has 124 valence electrons. The number of hydrogen-bond acceptors (Lipinski definition) is 4. The molecule has 2 atom stereocenters. The molecule has 4 heteroatoms. The van der Waals surface area contributed by atoms with Crippen LogP contribution in [0, 0.1) is 16.7 Å². The van der Waals surface area contributed by atoms with Crippen molar-refractivity contribution in [3.05, 3.63) is 24.0 Å². The number of rotatable bonds is 3. The fourth-order valence-electron chi connectivity index (χ4n) is 3.36. The first-order chi connectivity index (χ1) is 10.2. The van der Waals surface area contributed by atoms with E-state index >= 15 is 0 Å². The molecule has 0 bridgehead atoms. The van der Waals surface area contributed by atoms with Gasteiger partial charge in [0, 0.05) is 17.5 Å². The van der Waals surface area contributed by atoms with Crippen molar-refractivity contribution in [2.75, 3.05) is 6.61 Å².